The van der Waals surface area contributed by atoms with E-state index in [2.05, 4.69) is 4.98 Å². The Morgan fingerprint density at radius 1 is 1.44 bits per heavy atom. The van der Waals surface area contributed by atoms with Crippen LogP contribution in [0.4, 0.5) is 11.5 Å². The molecule has 1 amide bonds. The number of pyridine rings is 1. The minimum absolute atomic E-state index is 0.127. The fourth-order valence-electron chi connectivity index (χ4n) is 1.79. The molecule has 16 heavy (non-hydrogen) atoms. The quantitative estimate of drug-likeness (QED) is 0.741. The molecule has 5 heteroatoms. The van der Waals surface area contributed by atoms with Crippen LogP contribution in [0.5, 0.6) is 0 Å². The molecule has 0 atom stereocenters. The molecule has 86 valence electrons. The second-order valence-corrected chi connectivity index (χ2v) is 4.04. The van der Waals surface area contributed by atoms with Crippen molar-refractivity contribution >= 4 is 17.4 Å². The maximum Gasteiger partial charge on any atom is 0.241 e. The first-order valence-corrected chi connectivity index (χ1v) is 5.37. The number of rotatable bonds is 1. The first-order valence-electron chi connectivity index (χ1n) is 5.37. The van der Waals surface area contributed by atoms with E-state index in [4.69, 9.17) is 5.73 Å². The number of hydrogen-bond donors (Lipinski definition) is 1. The molecule has 0 unspecified atom stereocenters. The summed E-state index contributed by atoms with van der Waals surface area (Å²) in [7, 11) is 1.83. The molecule has 0 aliphatic carbocycles. The van der Waals surface area contributed by atoms with E-state index >= 15 is 0 Å². The molecule has 2 heterocycles. The van der Waals surface area contributed by atoms with Crippen molar-refractivity contribution in [2.75, 3.05) is 37.3 Å². The number of aromatic nitrogens is 1. The first-order chi connectivity index (χ1) is 7.66. The maximum absolute atomic E-state index is 11.7. The van der Waals surface area contributed by atoms with Gasteiger partial charge < -0.3 is 15.5 Å². The van der Waals surface area contributed by atoms with E-state index in [0.29, 0.717) is 12.2 Å². The van der Waals surface area contributed by atoms with Crippen molar-refractivity contribution in [1.29, 1.82) is 0 Å². The Bertz CT molecular complexity index is 393. The standard InChI is InChI=1S/C11H16N4O/c1-14-5-2-6-15(8-11(14)16)10-7-9(12)3-4-13-10/h3-4,7H,2,5-6,8H2,1H3,(H2,12,13). The lowest BCUT2D eigenvalue weighted by atomic mass is 10.3. The van der Waals surface area contributed by atoms with Crippen LogP contribution < -0.4 is 10.6 Å². The first kappa shape index (κ1) is 10.7. The minimum atomic E-state index is 0.127. The fraction of sp³-hybridized carbons (Fsp3) is 0.455. The van der Waals surface area contributed by atoms with Crippen molar-refractivity contribution in [3.63, 3.8) is 0 Å². The van der Waals surface area contributed by atoms with Crippen molar-refractivity contribution in [3.8, 4) is 0 Å². The predicted molar refractivity (Wildman–Crippen MR) is 63.1 cm³/mol. The van der Waals surface area contributed by atoms with Gasteiger partial charge in [0.05, 0.1) is 6.54 Å². The Morgan fingerprint density at radius 3 is 3.00 bits per heavy atom. The van der Waals surface area contributed by atoms with Gasteiger partial charge in [-0.15, -0.1) is 0 Å². The van der Waals surface area contributed by atoms with Gasteiger partial charge in [-0.1, -0.05) is 0 Å². The summed E-state index contributed by atoms with van der Waals surface area (Å²) in [5, 5.41) is 0. The zero-order valence-corrected chi connectivity index (χ0v) is 9.39. The SMILES string of the molecule is CN1CCCN(c2cc(N)ccn2)CC1=O. The molecule has 2 N–H and O–H groups in total. The van der Waals surface area contributed by atoms with Crippen LogP contribution in [0.3, 0.4) is 0 Å². The Morgan fingerprint density at radius 2 is 2.25 bits per heavy atom. The number of nitrogen functional groups attached to an aromatic ring is 1. The van der Waals surface area contributed by atoms with Crippen LogP contribution in [0.25, 0.3) is 0 Å². The maximum atomic E-state index is 11.7. The van der Waals surface area contributed by atoms with Crippen LogP contribution in [0.15, 0.2) is 18.3 Å². The zero-order chi connectivity index (χ0) is 11.5. The third-order valence-electron chi connectivity index (χ3n) is 2.77. The smallest absolute Gasteiger partial charge is 0.241 e. The van der Waals surface area contributed by atoms with Crippen LogP contribution in [-0.2, 0) is 4.79 Å². The Labute approximate surface area is 94.9 Å². The van der Waals surface area contributed by atoms with E-state index < -0.39 is 0 Å². The van der Waals surface area contributed by atoms with Crippen molar-refractivity contribution in [2.24, 2.45) is 0 Å². The Kier molecular flexibility index (Phi) is 2.94. The molecular weight excluding hydrogens is 204 g/mol. The summed E-state index contributed by atoms with van der Waals surface area (Å²) in [5.74, 6) is 0.908. The molecule has 1 aromatic rings. The number of likely N-dealkylation sites (N-methyl/N-ethyl adjacent to an activating group) is 1. The molecule has 1 saturated heterocycles. The number of nitrogens with zero attached hydrogens (tertiary/aromatic N) is 3. The van der Waals surface area contributed by atoms with Crippen LogP contribution in [-0.4, -0.2) is 42.5 Å². The third kappa shape index (κ3) is 2.24. The molecule has 0 aromatic carbocycles. The fourth-order valence-corrected chi connectivity index (χ4v) is 1.79. The highest BCUT2D eigenvalue weighted by atomic mass is 16.2. The number of anilines is 2. The van der Waals surface area contributed by atoms with Gasteiger partial charge >= 0.3 is 0 Å². The average molecular weight is 220 g/mol. The summed E-state index contributed by atoms with van der Waals surface area (Å²) >= 11 is 0. The van der Waals surface area contributed by atoms with Crippen LogP contribution in [0, 0.1) is 0 Å². The van der Waals surface area contributed by atoms with Crippen molar-refractivity contribution in [2.45, 2.75) is 6.42 Å². The number of carbonyl (C=O) groups is 1. The van der Waals surface area contributed by atoms with Gasteiger partial charge in [-0.2, -0.15) is 0 Å². The summed E-state index contributed by atoms with van der Waals surface area (Å²) in [6, 6.07) is 3.55. The van der Waals surface area contributed by atoms with Gasteiger partial charge in [-0.05, 0) is 12.5 Å². The third-order valence-corrected chi connectivity index (χ3v) is 2.77. The lowest BCUT2D eigenvalue weighted by Crippen LogP contribution is -2.34. The highest BCUT2D eigenvalue weighted by molar-refractivity contribution is 5.81. The zero-order valence-electron chi connectivity index (χ0n) is 9.39. The van der Waals surface area contributed by atoms with E-state index in [1.54, 1.807) is 23.2 Å². The molecule has 0 radical (unpaired) electrons. The Hall–Kier alpha value is -1.78. The van der Waals surface area contributed by atoms with Gasteiger partial charge in [0.2, 0.25) is 5.91 Å². The average Bonchev–Trinajstić information content (AvgIpc) is 2.42. The van der Waals surface area contributed by atoms with Crippen LogP contribution >= 0.6 is 0 Å². The van der Waals surface area contributed by atoms with E-state index in [1.165, 1.54) is 0 Å². The van der Waals surface area contributed by atoms with Crippen molar-refractivity contribution < 1.29 is 4.79 Å². The molecule has 5 nitrogen and oxygen atoms in total. The normalized spacial score (nSPS) is 17.4. The molecule has 2 rings (SSSR count). The van der Waals surface area contributed by atoms with Gasteiger partial charge in [0, 0.05) is 38.1 Å². The highest BCUT2D eigenvalue weighted by Gasteiger charge is 2.19. The number of hydrogen-bond acceptors (Lipinski definition) is 4. The topological polar surface area (TPSA) is 62.5 Å². The summed E-state index contributed by atoms with van der Waals surface area (Å²) in [6.07, 6.45) is 2.63. The second kappa shape index (κ2) is 4.38. The molecule has 0 spiro atoms. The molecule has 1 aliphatic heterocycles. The van der Waals surface area contributed by atoms with Gasteiger partial charge in [0.25, 0.3) is 0 Å². The second-order valence-electron chi connectivity index (χ2n) is 4.04. The van der Waals surface area contributed by atoms with E-state index in [1.807, 2.05) is 11.9 Å². The van der Waals surface area contributed by atoms with E-state index in [0.717, 1.165) is 25.3 Å². The lowest BCUT2D eigenvalue weighted by molar-refractivity contribution is -0.127. The van der Waals surface area contributed by atoms with Crippen LogP contribution in [0.1, 0.15) is 6.42 Å². The molecule has 1 aliphatic rings. The van der Waals surface area contributed by atoms with Gasteiger partial charge in [-0.25, -0.2) is 4.98 Å². The van der Waals surface area contributed by atoms with Crippen LogP contribution in [0.2, 0.25) is 0 Å². The predicted octanol–water partition coefficient (Wildman–Crippen LogP) is 0.332. The van der Waals surface area contributed by atoms with E-state index in [-0.39, 0.29) is 5.91 Å². The van der Waals surface area contributed by atoms with Crippen molar-refractivity contribution in [3.05, 3.63) is 18.3 Å². The van der Waals surface area contributed by atoms with Gasteiger partial charge in [0.15, 0.2) is 0 Å². The molecule has 1 fully saturated rings. The molecule has 0 bridgehead atoms. The molecule has 1 aromatic heterocycles. The van der Waals surface area contributed by atoms with Gasteiger partial charge in [0.1, 0.15) is 5.82 Å². The summed E-state index contributed by atoms with van der Waals surface area (Å²) in [5.41, 5.74) is 6.38. The van der Waals surface area contributed by atoms with Gasteiger partial charge in [-0.3, -0.25) is 4.79 Å². The van der Waals surface area contributed by atoms with E-state index in [9.17, 15) is 4.79 Å². The number of amides is 1. The highest BCUT2D eigenvalue weighted by Crippen LogP contribution is 2.16. The number of carbonyl (C=O) groups excluding carboxylic acids is 1. The largest absolute Gasteiger partial charge is 0.399 e. The molecule has 0 saturated carbocycles. The Balaban J connectivity index is 2.18. The summed E-state index contributed by atoms with van der Waals surface area (Å²) in [6.45, 7) is 2.02. The van der Waals surface area contributed by atoms with Crippen molar-refractivity contribution in [1.82, 2.24) is 9.88 Å². The lowest BCUT2D eigenvalue weighted by Gasteiger charge is -2.20. The number of nitrogens with two attached hydrogens (primary N) is 1. The molecular formula is C11H16N4O. The summed E-state index contributed by atoms with van der Waals surface area (Å²) in [4.78, 5) is 19.7. The minimum Gasteiger partial charge on any atom is -0.399 e. The summed E-state index contributed by atoms with van der Waals surface area (Å²) < 4.78 is 0. The monoisotopic (exact) mass is 220 g/mol.